The molecule has 3 N–H and O–H groups in total. The van der Waals surface area contributed by atoms with Gasteiger partial charge in [-0.05, 0) is 49.0 Å². The number of benzene rings is 1. The van der Waals surface area contributed by atoms with Crippen LogP contribution in [0.1, 0.15) is 43.7 Å². The second-order valence-corrected chi connectivity index (χ2v) is 9.22. The number of pyridine rings is 1. The van der Waals surface area contributed by atoms with E-state index in [0.717, 1.165) is 48.1 Å². The molecule has 4 heterocycles. The number of allylic oxidation sites excluding steroid dienone is 2. The minimum Gasteiger partial charge on any atom is -0.481 e. The Bertz CT molecular complexity index is 1140. The summed E-state index contributed by atoms with van der Waals surface area (Å²) >= 11 is 0. The number of nitrogens with zero attached hydrogens (tertiary/aromatic N) is 3. The molecule has 5 rings (SSSR count). The number of fused-ring (bicyclic) bond motifs is 1. The highest BCUT2D eigenvalue weighted by molar-refractivity contribution is 5.81. The zero-order chi connectivity index (χ0) is 23.5. The number of carboxylic acid groups (broad SMARTS) is 1. The summed E-state index contributed by atoms with van der Waals surface area (Å²) in [6, 6.07) is 9.33. The van der Waals surface area contributed by atoms with Crippen molar-refractivity contribution in [3.63, 3.8) is 0 Å². The molecule has 1 unspecified atom stereocenters. The van der Waals surface area contributed by atoms with E-state index in [-0.39, 0.29) is 18.5 Å². The molecular formula is C26H31N5O3. The van der Waals surface area contributed by atoms with E-state index in [9.17, 15) is 14.7 Å². The van der Waals surface area contributed by atoms with E-state index in [0.29, 0.717) is 19.6 Å². The molecule has 0 saturated carbocycles. The Morgan fingerprint density at radius 1 is 1.26 bits per heavy atom. The van der Waals surface area contributed by atoms with Crippen molar-refractivity contribution >= 4 is 22.9 Å². The highest BCUT2D eigenvalue weighted by Gasteiger charge is 2.35. The van der Waals surface area contributed by atoms with E-state index >= 15 is 0 Å². The average molecular weight is 462 g/mol. The van der Waals surface area contributed by atoms with Crippen molar-refractivity contribution in [1.82, 2.24) is 25.4 Å². The molecule has 1 fully saturated rings. The lowest BCUT2D eigenvalue weighted by Gasteiger charge is -2.29. The Morgan fingerprint density at radius 2 is 2.15 bits per heavy atom. The molecule has 34 heavy (non-hydrogen) atoms. The highest BCUT2D eigenvalue weighted by atomic mass is 16.4. The van der Waals surface area contributed by atoms with Crippen molar-refractivity contribution in [2.24, 2.45) is 0 Å². The molecule has 1 saturated heterocycles. The van der Waals surface area contributed by atoms with Gasteiger partial charge in [0.1, 0.15) is 5.82 Å². The number of aliphatic carboxylic acids is 1. The monoisotopic (exact) mass is 461 g/mol. The number of aromatic nitrogens is 1. The summed E-state index contributed by atoms with van der Waals surface area (Å²) in [5.41, 5.74) is 2.96. The predicted octanol–water partition coefficient (Wildman–Crippen LogP) is 3.39. The summed E-state index contributed by atoms with van der Waals surface area (Å²) in [5.74, 6) is 0.229. The SMILES string of the molecule is O=C(O)C[C@@H](c1cnc2ccccc2c1)N1CCN(CCCC2C=CC3=C(NCCC3)N2)C1=O. The minimum absolute atomic E-state index is 0.0921. The van der Waals surface area contributed by atoms with Crippen LogP contribution in [0.4, 0.5) is 4.79 Å². The van der Waals surface area contributed by atoms with Gasteiger partial charge in [-0.3, -0.25) is 9.78 Å². The maximum absolute atomic E-state index is 13.2. The Morgan fingerprint density at radius 3 is 3.03 bits per heavy atom. The molecule has 0 bridgehead atoms. The van der Waals surface area contributed by atoms with Crippen molar-refractivity contribution < 1.29 is 14.7 Å². The molecule has 2 amide bonds. The molecule has 0 spiro atoms. The zero-order valence-electron chi connectivity index (χ0n) is 19.2. The maximum Gasteiger partial charge on any atom is 0.320 e. The molecule has 0 aliphatic carbocycles. The lowest BCUT2D eigenvalue weighted by Crippen LogP contribution is -2.40. The van der Waals surface area contributed by atoms with Crippen LogP contribution in [0, 0.1) is 0 Å². The molecule has 0 radical (unpaired) electrons. The van der Waals surface area contributed by atoms with Crippen molar-refractivity contribution in [2.75, 3.05) is 26.2 Å². The van der Waals surface area contributed by atoms with Gasteiger partial charge in [0.25, 0.3) is 0 Å². The van der Waals surface area contributed by atoms with E-state index in [1.54, 1.807) is 11.1 Å². The summed E-state index contributed by atoms with van der Waals surface area (Å²) < 4.78 is 0. The number of carbonyl (C=O) groups is 2. The molecule has 8 heteroatoms. The molecular weight excluding hydrogens is 430 g/mol. The van der Waals surface area contributed by atoms with E-state index in [1.807, 2.05) is 35.2 Å². The Kier molecular flexibility index (Phi) is 6.38. The summed E-state index contributed by atoms with van der Waals surface area (Å²) in [6.45, 7) is 2.80. The Hall–Kier alpha value is -3.55. The first-order valence-corrected chi connectivity index (χ1v) is 12.1. The number of urea groups is 1. The normalized spacial score (nSPS) is 20.8. The summed E-state index contributed by atoms with van der Waals surface area (Å²) in [5, 5.41) is 17.5. The van der Waals surface area contributed by atoms with Gasteiger partial charge >= 0.3 is 12.0 Å². The summed E-state index contributed by atoms with van der Waals surface area (Å²) in [7, 11) is 0. The number of hydrogen-bond donors (Lipinski definition) is 3. The number of amides is 2. The van der Waals surface area contributed by atoms with Gasteiger partial charge in [0.05, 0.1) is 18.0 Å². The lowest BCUT2D eigenvalue weighted by atomic mass is 10.00. The number of carbonyl (C=O) groups excluding carboxylic acids is 1. The van der Waals surface area contributed by atoms with Gasteiger partial charge in [0, 0.05) is 43.8 Å². The van der Waals surface area contributed by atoms with Crippen LogP contribution in [0.25, 0.3) is 10.9 Å². The van der Waals surface area contributed by atoms with E-state index in [4.69, 9.17) is 0 Å². The maximum atomic E-state index is 13.2. The van der Waals surface area contributed by atoms with Gasteiger partial charge in [0.2, 0.25) is 0 Å². The van der Waals surface area contributed by atoms with Crippen LogP contribution in [-0.4, -0.2) is 64.1 Å². The first-order valence-electron chi connectivity index (χ1n) is 12.1. The highest BCUT2D eigenvalue weighted by Crippen LogP contribution is 2.30. The van der Waals surface area contributed by atoms with Crippen LogP contribution >= 0.6 is 0 Å². The number of dihydropyridines is 1. The summed E-state index contributed by atoms with van der Waals surface area (Å²) in [6.07, 6.45) is 10.1. The largest absolute Gasteiger partial charge is 0.481 e. The second kappa shape index (κ2) is 9.75. The average Bonchev–Trinajstić information content (AvgIpc) is 3.22. The first-order chi connectivity index (χ1) is 16.6. The molecule has 1 aromatic heterocycles. The van der Waals surface area contributed by atoms with Crippen molar-refractivity contribution in [3.8, 4) is 0 Å². The fourth-order valence-corrected chi connectivity index (χ4v) is 5.12. The van der Waals surface area contributed by atoms with Crippen molar-refractivity contribution in [3.05, 3.63) is 65.6 Å². The van der Waals surface area contributed by atoms with Crippen LogP contribution in [0.3, 0.4) is 0 Å². The second-order valence-electron chi connectivity index (χ2n) is 9.22. The lowest BCUT2D eigenvalue weighted by molar-refractivity contribution is -0.138. The molecule has 8 nitrogen and oxygen atoms in total. The van der Waals surface area contributed by atoms with Crippen LogP contribution < -0.4 is 10.6 Å². The van der Waals surface area contributed by atoms with Gasteiger partial charge in [-0.15, -0.1) is 0 Å². The first kappa shape index (κ1) is 22.3. The molecule has 3 aliphatic heterocycles. The van der Waals surface area contributed by atoms with Gasteiger partial charge in [-0.1, -0.05) is 30.4 Å². The standard InChI is InChI=1S/C26H31N5O3/c32-24(33)16-23(20-15-19-5-1-2-8-22(19)28-17-20)31-14-13-30(26(31)34)12-4-7-21-10-9-18-6-3-11-27-25(18)29-21/h1-2,5,8-10,15,17,21,23,27,29H,3-4,6-7,11-14,16H2,(H,32,33)/t21?,23-/m0/s1. The Balaban J connectivity index is 1.21. The zero-order valence-corrected chi connectivity index (χ0v) is 19.2. The molecule has 2 aromatic rings. The van der Waals surface area contributed by atoms with Crippen molar-refractivity contribution in [2.45, 2.75) is 44.2 Å². The van der Waals surface area contributed by atoms with Crippen LogP contribution in [0.2, 0.25) is 0 Å². The molecule has 1 aromatic carbocycles. The van der Waals surface area contributed by atoms with Crippen molar-refractivity contribution in [1.29, 1.82) is 0 Å². The van der Waals surface area contributed by atoms with Crippen LogP contribution in [0.5, 0.6) is 0 Å². The number of rotatable bonds is 8. The van der Waals surface area contributed by atoms with Gasteiger partial charge < -0.3 is 25.5 Å². The third kappa shape index (κ3) is 4.71. The number of para-hydroxylation sites is 1. The minimum atomic E-state index is -0.926. The fourth-order valence-electron chi connectivity index (χ4n) is 5.12. The molecule has 3 aliphatic rings. The third-order valence-corrected chi connectivity index (χ3v) is 6.92. The molecule has 178 valence electrons. The summed E-state index contributed by atoms with van der Waals surface area (Å²) in [4.78, 5) is 32.9. The quantitative estimate of drug-likeness (QED) is 0.558. The van der Waals surface area contributed by atoms with E-state index < -0.39 is 12.0 Å². The fraction of sp³-hybridized carbons (Fsp3) is 0.423. The van der Waals surface area contributed by atoms with Gasteiger partial charge in [0.15, 0.2) is 0 Å². The van der Waals surface area contributed by atoms with Gasteiger partial charge in [-0.2, -0.15) is 0 Å². The number of nitrogens with one attached hydrogen (secondary N) is 2. The predicted molar refractivity (Wildman–Crippen MR) is 130 cm³/mol. The van der Waals surface area contributed by atoms with E-state index in [2.05, 4.69) is 27.8 Å². The number of hydrogen-bond acceptors (Lipinski definition) is 5. The van der Waals surface area contributed by atoms with E-state index in [1.165, 1.54) is 12.0 Å². The molecule has 2 atom stereocenters. The van der Waals surface area contributed by atoms with Crippen LogP contribution in [0.15, 0.2) is 60.1 Å². The van der Waals surface area contributed by atoms with Crippen LogP contribution in [-0.2, 0) is 4.79 Å². The third-order valence-electron chi connectivity index (χ3n) is 6.92. The topological polar surface area (TPSA) is 97.8 Å². The Labute approximate surface area is 199 Å². The number of carboxylic acids is 1. The smallest absolute Gasteiger partial charge is 0.320 e. The van der Waals surface area contributed by atoms with Gasteiger partial charge in [-0.25, -0.2) is 4.79 Å².